The molecule has 0 spiro atoms. The van der Waals surface area contributed by atoms with E-state index in [0.29, 0.717) is 5.92 Å². The first-order valence-electron chi connectivity index (χ1n) is 7.02. The maximum Gasteiger partial charge on any atom is 0.243 e. The minimum Gasteiger partial charge on any atom is -0.347 e. The van der Waals surface area contributed by atoms with Gasteiger partial charge in [-0.2, -0.15) is 0 Å². The van der Waals surface area contributed by atoms with Crippen LogP contribution >= 0.6 is 15.9 Å². The smallest absolute Gasteiger partial charge is 0.243 e. The van der Waals surface area contributed by atoms with Gasteiger partial charge in [0.2, 0.25) is 11.8 Å². The second kappa shape index (κ2) is 7.04. The van der Waals surface area contributed by atoms with E-state index in [9.17, 15) is 9.59 Å². The Morgan fingerprint density at radius 1 is 1.43 bits per heavy atom. The zero-order valence-corrected chi connectivity index (χ0v) is 13.8. The zero-order valence-electron chi connectivity index (χ0n) is 12.2. The molecule has 0 saturated carbocycles. The van der Waals surface area contributed by atoms with Crippen LogP contribution in [0.2, 0.25) is 0 Å². The third kappa shape index (κ3) is 4.28. The SMILES string of the molecule is Cc1cc(Br)ccc1NC(=O)CNC(=O)C(C)C1CNC1. The van der Waals surface area contributed by atoms with E-state index < -0.39 is 0 Å². The van der Waals surface area contributed by atoms with Gasteiger partial charge in [-0.05, 0) is 49.7 Å². The molecule has 1 aliphatic heterocycles. The standard InChI is InChI=1S/C15H20BrN3O2/c1-9-5-12(16)3-4-13(9)19-14(20)8-18-15(21)10(2)11-6-17-7-11/h3-5,10-11,17H,6-8H2,1-2H3,(H,18,21)(H,19,20). The molecule has 114 valence electrons. The highest BCUT2D eigenvalue weighted by atomic mass is 79.9. The molecule has 2 amide bonds. The Balaban J connectivity index is 1.80. The number of hydrogen-bond donors (Lipinski definition) is 3. The van der Waals surface area contributed by atoms with E-state index in [1.165, 1.54) is 0 Å². The Kier molecular flexibility index (Phi) is 5.36. The van der Waals surface area contributed by atoms with Crippen molar-refractivity contribution in [3.8, 4) is 0 Å². The Labute approximate surface area is 133 Å². The van der Waals surface area contributed by atoms with Crippen LogP contribution in [-0.4, -0.2) is 31.4 Å². The van der Waals surface area contributed by atoms with Crippen molar-refractivity contribution in [3.05, 3.63) is 28.2 Å². The minimum atomic E-state index is -0.215. The average Bonchev–Trinajstić information content (AvgIpc) is 2.37. The first-order chi connectivity index (χ1) is 9.97. The molecule has 6 heteroatoms. The molecule has 0 bridgehead atoms. The molecule has 1 aromatic rings. The summed E-state index contributed by atoms with van der Waals surface area (Å²) < 4.78 is 0.967. The van der Waals surface area contributed by atoms with Gasteiger partial charge < -0.3 is 16.0 Å². The van der Waals surface area contributed by atoms with Gasteiger partial charge in [-0.15, -0.1) is 0 Å². The van der Waals surface area contributed by atoms with Gasteiger partial charge >= 0.3 is 0 Å². The Hall–Kier alpha value is -1.40. The predicted molar refractivity (Wildman–Crippen MR) is 86.0 cm³/mol. The summed E-state index contributed by atoms with van der Waals surface area (Å²) in [5, 5.41) is 8.64. The molecule has 3 N–H and O–H groups in total. The normalized spacial score (nSPS) is 16.0. The number of amides is 2. The van der Waals surface area contributed by atoms with Crippen LogP contribution in [0.5, 0.6) is 0 Å². The van der Waals surface area contributed by atoms with Gasteiger partial charge in [-0.25, -0.2) is 0 Å². The number of rotatable bonds is 5. The van der Waals surface area contributed by atoms with Crippen molar-refractivity contribution in [2.45, 2.75) is 13.8 Å². The number of nitrogens with one attached hydrogen (secondary N) is 3. The summed E-state index contributed by atoms with van der Waals surface area (Å²) >= 11 is 3.38. The van der Waals surface area contributed by atoms with Gasteiger partial charge in [-0.1, -0.05) is 22.9 Å². The monoisotopic (exact) mass is 353 g/mol. The highest BCUT2D eigenvalue weighted by Gasteiger charge is 2.28. The van der Waals surface area contributed by atoms with Gasteiger partial charge in [0, 0.05) is 16.1 Å². The molecule has 1 aromatic carbocycles. The van der Waals surface area contributed by atoms with Crippen LogP contribution in [0.25, 0.3) is 0 Å². The summed E-state index contributed by atoms with van der Waals surface area (Å²) in [6.45, 7) is 5.57. The number of halogens is 1. The van der Waals surface area contributed by atoms with Crippen LogP contribution < -0.4 is 16.0 Å². The van der Waals surface area contributed by atoms with E-state index >= 15 is 0 Å². The molecular formula is C15H20BrN3O2. The summed E-state index contributed by atoms with van der Waals surface area (Å²) in [6.07, 6.45) is 0. The molecule has 1 unspecified atom stereocenters. The molecule has 21 heavy (non-hydrogen) atoms. The van der Waals surface area contributed by atoms with Gasteiger partial charge in [-0.3, -0.25) is 9.59 Å². The fraction of sp³-hybridized carbons (Fsp3) is 0.467. The molecule has 0 aliphatic carbocycles. The van der Waals surface area contributed by atoms with E-state index in [1.54, 1.807) is 0 Å². The Morgan fingerprint density at radius 2 is 2.14 bits per heavy atom. The molecule has 1 fully saturated rings. The lowest BCUT2D eigenvalue weighted by Gasteiger charge is -2.31. The van der Waals surface area contributed by atoms with E-state index in [1.807, 2.05) is 32.0 Å². The highest BCUT2D eigenvalue weighted by Crippen LogP contribution is 2.20. The molecule has 1 saturated heterocycles. The maximum absolute atomic E-state index is 11.9. The minimum absolute atomic E-state index is 0.00116. The molecule has 1 atom stereocenters. The Bertz CT molecular complexity index is 544. The van der Waals surface area contributed by atoms with Gasteiger partial charge in [0.15, 0.2) is 0 Å². The first kappa shape index (κ1) is 16.0. The molecule has 5 nitrogen and oxygen atoms in total. The van der Waals surface area contributed by atoms with Gasteiger partial charge in [0.1, 0.15) is 0 Å². The number of benzene rings is 1. The topological polar surface area (TPSA) is 70.2 Å². The molecule has 1 heterocycles. The quantitative estimate of drug-likeness (QED) is 0.753. The van der Waals surface area contributed by atoms with Crippen LogP contribution in [0.3, 0.4) is 0 Å². The third-order valence-corrected chi connectivity index (χ3v) is 4.31. The summed E-state index contributed by atoms with van der Waals surface area (Å²) in [6, 6.07) is 5.63. The van der Waals surface area contributed by atoms with Crippen LogP contribution in [0.4, 0.5) is 5.69 Å². The van der Waals surface area contributed by atoms with Crippen molar-refractivity contribution in [3.63, 3.8) is 0 Å². The third-order valence-electron chi connectivity index (χ3n) is 3.82. The van der Waals surface area contributed by atoms with E-state index in [4.69, 9.17) is 0 Å². The van der Waals surface area contributed by atoms with Crippen molar-refractivity contribution in [1.29, 1.82) is 0 Å². The van der Waals surface area contributed by atoms with Crippen LogP contribution in [0, 0.1) is 18.8 Å². The highest BCUT2D eigenvalue weighted by molar-refractivity contribution is 9.10. The second-order valence-corrected chi connectivity index (χ2v) is 6.35. The number of carbonyl (C=O) groups excluding carboxylic acids is 2. The predicted octanol–water partition coefficient (Wildman–Crippen LogP) is 1.67. The van der Waals surface area contributed by atoms with E-state index in [2.05, 4.69) is 31.9 Å². The Morgan fingerprint density at radius 3 is 2.71 bits per heavy atom. The lowest BCUT2D eigenvalue weighted by Crippen LogP contribution is -2.50. The molecule has 1 aliphatic rings. The lowest BCUT2D eigenvalue weighted by molar-refractivity contribution is -0.128. The number of hydrogen-bond acceptors (Lipinski definition) is 3. The first-order valence-corrected chi connectivity index (χ1v) is 7.81. The van der Waals surface area contributed by atoms with Crippen molar-refractivity contribution < 1.29 is 9.59 Å². The average molecular weight is 354 g/mol. The number of anilines is 1. The fourth-order valence-electron chi connectivity index (χ4n) is 2.17. The summed E-state index contributed by atoms with van der Waals surface area (Å²) in [5.74, 6) is 0.0344. The van der Waals surface area contributed by atoms with Crippen molar-refractivity contribution in [2.24, 2.45) is 11.8 Å². The van der Waals surface area contributed by atoms with E-state index in [0.717, 1.165) is 28.8 Å². The van der Waals surface area contributed by atoms with E-state index in [-0.39, 0.29) is 24.3 Å². The van der Waals surface area contributed by atoms with Crippen molar-refractivity contribution >= 4 is 33.4 Å². The molecule has 0 radical (unpaired) electrons. The fourth-order valence-corrected chi connectivity index (χ4v) is 2.64. The summed E-state index contributed by atoms with van der Waals surface area (Å²) in [4.78, 5) is 23.8. The zero-order chi connectivity index (χ0) is 15.4. The summed E-state index contributed by atoms with van der Waals surface area (Å²) in [7, 11) is 0. The van der Waals surface area contributed by atoms with Crippen LogP contribution in [0.1, 0.15) is 12.5 Å². The summed E-state index contributed by atoms with van der Waals surface area (Å²) in [5.41, 5.74) is 1.73. The van der Waals surface area contributed by atoms with Crippen molar-refractivity contribution in [2.75, 3.05) is 25.0 Å². The van der Waals surface area contributed by atoms with Crippen molar-refractivity contribution in [1.82, 2.24) is 10.6 Å². The number of carbonyl (C=O) groups is 2. The maximum atomic E-state index is 11.9. The second-order valence-electron chi connectivity index (χ2n) is 5.43. The largest absolute Gasteiger partial charge is 0.347 e. The number of aryl methyl sites for hydroxylation is 1. The lowest BCUT2D eigenvalue weighted by atomic mass is 9.88. The van der Waals surface area contributed by atoms with Crippen LogP contribution in [-0.2, 0) is 9.59 Å². The van der Waals surface area contributed by atoms with Gasteiger partial charge in [0.05, 0.1) is 6.54 Å². The van der Waals surface area contributed by atoms with Crippen LogP contribution in [0.15, 0.2) is 22.7 Å². The molecular weight excluding hydrogens is 334 g/mol. The van der Waals surface area contributed by atoms with Gasteiger partial charge in [0.25, 0.3) is 0 Å². The molecule has 0 aromatic heterocycles. The molecule has 2 rings (SSSR count).